The monoisotopic (exact) mass is 292 g/mol. The average Bonchev–Trinajstić information content (AvgIpc) is 2.62. The van der Waals surface area contributed by atoms with Crippen LogP contribution in [0, 0.1) is 6.92 Å². The van der Waals surface area contributed by atoms with Crippen LogP contribution < -0.4 is 5.73 Å². The van der Waals surface area contributed by atoms with Gasteiger partial charge < -0.3 is 10.6 Å². The number of nitrogen functional groups attached to an aromatic ring is 1. The molecule has 6 heteroatoms. The molecule has 0 saturated carbocycles. The Morgan fingerprint density at radius 3 is 2.75 bits per heavy atom. The van der Waals surface area contributed by atoms with E-state index in [1.807, 2.05) is 18.2 Å². The van der Waals surface area contributed by atoms with Gasteiger partial charge in [-0.1, -0.05) is 23.7 Å². The van der Waals surface area contributed by atoms with Gasteiger partial charge in [-0.15, -0.1) is 0 Å². The first-order chi connectivity index (χ1) is 9.40. The van der Waals surface area contributed by atoms with Crippen molar-refractivity contribution in [3.05, 3.63) is 46.2 Å². The van der Waals surface area contributed by atoms with Crippen LogP contribution in [0.15, 0.2) is 24.3 Å². The van der Waals surface area contributed by atoms with Gasteiger partial charge in [0.1, 0.15) is 5.69 Å². The van der Waals surface area contributed by atoms with Gasteiger partial charge in [-0.3, -0.25) is 9.48 Å². The number of nitrogens with two attached hydrogens (primary N) is 1. The van der Waals surface area contributed by atoms with E-state index in [-0.39, 0.29) is 5.91 Å². The van der Waals surface area contributed by atoms with E-state index in [0.29, 0.717) is 28.6 Å². The van der Waals surface area contributed by atoms with Gasteiger partial charge in [0.2, 0.25) is 0 Å². The molecule has 1 heterocycles. The van der Waals surface area contributed by atoms with Crippen LogP contribution in [0.2, 0.25) is 5.02 Å². The van der Waals surface area contributed by atoms with E-state index in [1.165, 1.54) is 4.68 Å². The van der Waals surface area contributed by atoms with Gasteiger partial charge in [-0.2, -0.15) is 5.10 Å². The number of rotatable bonds is 3. The molecule has 1 amide bonds. The Kier molecular flexibility index (Phi) is 3.99. The van der Waals surface area contributed by atoms with Crippen LogP contribution in [-0.2, 0) is 13.6 Å². The lowest BCUT2D eigenvalue weighted by atomic mass is 10.2. The molecular weight excluding hydrogens is 276 g/mol. The highest BCUT2D eigenvalue weighted by atomic mass is 35.5. The summed E-state index contributed by atoms with van der Waals surface area (Å²) in [5.41, 5.74) is 8.37. The van der Waals surface area contributed by atoms with Crippen molar-refractivity contribution in [1.29, 1.82) is 0 Å². The second-order valence-corrected chi connectivity index (χ2v) is 5.20. The van der Waals surface area contributed by atoms with Crippen molar-refractivity contribution in [3.8, 4) is 0 Å². The SMILES string of the molecule is Cc1nn(C)c(C(=O)N(C)Cc2cccc(Cl)c2)c1N. The topological polar surface area (TPSA) is 64.2 Å². The van der Waals surface area contributed by atoms with Gasteiger partial charge in [0.25, 0.3) is 5.91 Å². The summed E-state index contributed by atoms with van der Waals surface area (Å²) >= 11 is 5.94. The number of amides is 1. The number of hydrogen-bond donors (Lipinski definition) is 1. The minimum absolute atomic E-state index is 0.162. The lowest BCUT2D eigenvalue weighted by molar-refractivity contribution is 0.0775. The van der Waals surface area contributed by atoms with Gasteiger partial charge >= 0.3 is 0 Å². The summed E-state index contributed by atoms with van der Waals surface area (Å²) in [6, 6.07) is 7.42. The minimum Gasteiger partial charge on any atom is -0.395 e. The van der Waals surface area contributed by atoms with Gasteiger partial charge in [0.05, 0.1) is 11.4 Å². The molecule has 2 rings (SSSR count). The summed E-state index contributed by atoms with van der Waals surface area (Å²) in [5.74, 6) is -0.162. The molecule has 0 bridgehead atoms. The van der Waals surface area contributed by atoms with Crippen molar-refractivity contribution in [2.45, 2.75) is 13.5 Å². The lowest BCUT2D eigenvalue weighted by Crippen LogP contribution is -2.28. The number of carbonyl (C=O) groups excluding carboxylic acids is 1. The van der Waals surface area contributed by atoms with Crippen molar-refractivity contribution < 1.29 is 4.79 Å². The first kappa shape index (κ1) is 14.4. The molecule has 2 N–H and O–H groups in total. The fourth-order valence-corrected chi connectivity index (χ4v) is 2.30. The number of benzene rings is 1. The fraction of sp³-hybridized carbons (Fsp3) is 0.286. The van der Waals surface area contributed by atoms with Crippen LogP contribution in [0.25, 0.3) is 0 Å². The van der Waals surface area contributed by atoms with Gasteiger partial charge in [0, 0.05) is 25.7 Å². The van der Waals surface area contributed by atoms with E-state index in [9.17, 15) is 4.79 Å². The molecule has 106 valence electrons. The van der Waals surface area contributed by atoms with Crippen LogP contribution in [-0.4, -0.2) is 27.6 Å². The van der Waals surface area contributed by atoms with Crippen molar-refractivity contribution >= 4 is 23.2 Å². The van der Waals surface area contributed by atoms with E-state index >= 15 is 0 Å². The van der Waals surface area contributed by atoms with E-state index in [4.69, 9.17) is 17.3 Å². The number of aryl methyl sites for hydroxylation is 2. The zero-order valence-corrected chi connectivity index (χ0v) is 12.5. The molecule has 2 aromatic rings. The highest BCUT2D eigenvalue weighted by molar-refractivity contribution is 6.30. The maximum absolute atomic E-state index is 12.4. The summed E-state index contributed by atoms with van der Waals surface area (Å²) in [7, 11) is 3.44. The summed E-state index contributed by atoms with van der Waals surface area (Å²) in [6.07, 6.45) is 0. The predicted molar refractivity (Wildman–Crippen MR) is 79.6 cm³/mol. The number of nitrogens with zero attached hydrogens (tertiary/aromatic N) is 3. The molecule has 0 aliphatic heterocycles. The Hall–Kier alpha value is -2.01. The summed E-state index contributed by atoms with van der Waals surface area (Å²) in [4.78, 5) is 14.0. The average molecular weight is 293 g/mol. The summed E-state index contributed by atoms with van der Waals surface area (Å²) in [6.45, 7) is 2.24. The minimum atomic E-state index is -0.162. The Labute approximate surface area is 122 Å². The Bertz CT molecular complexity index is 651. The second kappa shape index (κ2) is 5.54. The van der Waals surface area contributed by atoms with Crippen LogP contribution in [0.5, 0.6) is 0 Å². The molecule has 0 saturated heterocycles. The Morgan fingerprint density at radius 2 is 2.20 bits per heavy atom. The highest BCUT2D eigenvalue weighted by Crippen LogP contribution is 2.18. The normalized spacial score (nSPS) is 10.6. The zero-order valence-electron chi connectivity index (χ0n) is 11.7. The maximum Gasteiger partial charge on any atom is 0.274 e. The van der Waals surface area contributed by atoms with E-state index in [0.717, 1.165) is 5.56 Å². The molecule has 0 fully saturated rings. The number of hydrogen-bond acceptors (Lipinski definition) is 3. The molecule has 20 heavy (non-hydrogen) atoms. The van der Waals surface area contributed by atoms with E-state index in [1.54, 1.807) is 32.0 Å². The first-order valence-electron chi connectivity index (χ1n) is 6.19. The van der Waals surface area contributed by atoms with Gasteiger partial charge in [-0.25, -0.2) is 0 Å². The first-order valence-corrected chi connectivity index (χ1v) is 6.57. The van der Waals surface area contributed by atoms with E-state index in [2.05, 4.69) is 5.10 Å². The maximum atomic E-state index is 12.4. The molecule has 0 unspecified atom stereocenters. The molecule has 0 radical (unpaired) electrons. The standard InChI is InChI=1S/C14H17ClN4O/c1-9-12(16)13(19(3)17-9)14(20)18(2)8-10-5-4-6-11(15)7-10/h4-7H,8,16H2,1-3H3. The molecule has 1 aromatic carbocycles. The number of halogens is 1. The molecule has 5 nitrogen and oxygen atoms in total. The molecule has 0 aliphatic carbocycles. The third kappa shape index (κ3) is 2.77. The van der Waals surface area contributed by atoms with Crippen molar-refractivity contribution in [1.82, 2.24) is 14.7 Å². The Morgan fingerprint density at radius 1 is 1.50 bits per heavy atom. The second-order valence-electron chi connectivity index (χ2n) is 4.76. The quantitative estimate of drug-likeness (QED) is 0.943. The van der Waals surface area contributed by atoms with Crippen LogP contribution in [0.3, 0.4) is 0 Å². The lowest BCUT2D eigenvalue weighted by Gasteiger charge is -2.17. The third-order valence-electron chi connectivity index (χ3n) is 3.13. The van der Waals surface area contributed by atoms with Crippen LogP contribution in [0.4, 0.5) is 5.69 Å². The number of anilines is 1. The fourth-order valence-electron chi connectivity index (χ4n) is 2.09. The largest absolute Gasteiger partial charge is 0.395 e. The van der Waals surface area contributed by atoms with Gasteiger partial charge in [-0.05, 0) is 24.6 Å². The van der Waals surface area contributed by atoms with Crippen molar-refractivity contribution in [2.75, 3.05) is 12.8 Å². The smallest absolute Gasteiger partial charge is 0.274 e. The number of carbonyl (C=O) groups is 1. The molecule has 0 spiro atoms. The molecule has 0 atom stereocenters. The zero-order chi connectivity index (χ0) is 14.9. The van der Waals surface area contributed by atoms with E-state index < -0.39 is 0 Å². The van der Waals surface area contributed by atoms with Crippen molar-refractivity contribution in [3.63, 3.8) is 0 Å². The summed E-state index contributed by atoms with van der Waals surface area (Å²) < 4.78 is 1.52. The Balaban J connectivity index is 2.21. The van der Waals surface area contributed by atoms with Crippen LogP contribution >= 0.6 is 11.6 Å². The predicted octanol–water partition coefficient (Wildman–Crippen LogP) is 2.24. The van der Waals surface area contributed by atoms with Crippen molar-refractivity contribution in [2.24, 2.45) is 7.05 Å². The summed E-state index contributed by atoms with van der Waals surface area (Å²) in [5, 5.41) is 4.81. The molecular formula is C14H17ClN4O. The third-order valence-corrected chi connectivity index (χ3v) is 3.36. The van der Waals surface area contributed by atoms with Gasteiger partial charge in [0.15, 0.2) is 0 Å². The molecule has 1 aromatic heterocycles. The highest BCUT2D eigenvalue weighted by Gasteiger charge is 2.21. The van der Waals surface area contributed by atoms with Crippen LogP contribution in [0.1, 0.15) is 21.7 Å². The molecule has 0 aliphatic rings. The number of aromatic nitrogens is 2.